The van der Waals surface area contributed by atoms with Crippen molar-refractivity contribution in [2.75, 3.05) is 13.1 Å². The summed E-state index contributed by atoms with van der Waals surface area (Å²) in [6.07, 6.45) is 2.75. The topological polar surface area (TPSA) is 81.4 Å². The third-order valence-corrected chi connectivity index (χ3v) is 4.14. The molecule has 0 aliphatic carbocycles. The summed E-state index contributed by atoms with van der Waals surface area (Å²) >= 11 is 0. The third kappa shape index (κ3) is 3.28. The number of amides is 1. The summed E-state index contributed by atoms with van der Waals surface area (Å²) in [6, 6.07) is 7.56. The Morgan fingerprint density at radius 1 is 1.32 bits per heavy atom. The lowest BCUT2D eigenvalue weighted by Gasteiger charge is -2.16. The maximum Gasteiger partial charge on any atom is 0.316 e. The first-order chi connectivity index (χ1) is 12.2. The van der Waals surface area contributed by atoms with Crippen LogP contribution in [0.25, 0.3) is 11.0 Å². The van der Waals surface area contributed by atoms with Gasteiger partial charge in [-0.15, -0.1) is 0 Å². The number of rotatable bonds is 4. The Bertz CT molecular complexity index is 896. The SMILES string of the molecule is O=C(Cc1noc2ccccc12)N1CC[C@@H](Oc2ncc(F)cn2)C1. The number of nitrogens with zero attached hydrogens (tertiary/aromatic N) is 4. The number of hydrogen-bond donors (Lipinski definition) is 0. The average Bonchev–Trinajstić information content (AvgIpc) is 3.25. The number of halogens is 1. The van der Waals surface area contributed by atoms with Gasteiger partial charge >= 0.3 is 6.01 Å². The summed E-state index contributed by atoms with van der Waals surface area (Å²) in [5.74, 6) is -0.555. The molecular weight excluding hydrogens is 327 g/mol. The normalized spacial score (nSPS) is 17.2. The molecular formula is C17H15FN4O3. The highest BCUT2D eigenvalue weighted by atomic mass is 19.1. The van der Waals surface area contributed by atoms with Crippen molar-refractivity contribution < 1.29 is 18.4 Å². The smallest absolute Gasteiger partial charge is 0.316 e. The Balaban J connectivity index is 1.38. The van der Waals surface area contributed by atoms with Crippen LogP contribution in [0, 0.1) is 5.82 Å². The summed E-state index contributed by atoms with van der Waals surface area (Å²) < 4.78 is 23.6. The zero-order valence-corrected chi connectivity index (χ0v) is 13.3. The van der Waals surface area contributed by atoms with Gasteiger partial charge in [-0.1, -0.05) is 17.3 Å². The van der Waals surface area contributed by atoms with Crippen LogP contribution in [-0.2, 0) is 11.2 Å². The Kier molecular flexibility index (Phi) is 4.01. The van der Waals surface area contributed by atoms with Gasteiger partial charge in [0, 0.05) is 18.4 Å². The molecule has 8 heteroatoms. The molecule has 3 heterocycles. The second kappa shape index (κ2) is 6.46. The van der Waals surface area contributed by atoms with E-state index in [4.69, 9.17) is 9.26 Å². The Labute approximate surface area is 142 Å². The lowest BCUT2D eigenvalue weighted by atomic mass is 10.1. The van der Waals surface area contributed by atoms with Crippen LogP contribution in [0.3, 0.4) is 0 Å². The summed E-state index contributed by atoms with van der Waals surface area (Å²) in [7, 11) is 0. The van der Waals surface area contributed by atoms with Gasteiger partial charge in [0.2, 0.25) is 5.91 Å². The van der Waals surface area contributed by atoms with Gasteiger partial charge in [-0.3, -0.25) is 4.79 Å². The first kappa shape index (κ1) is 15.5. The molecule has 7 nitrogen and oxygen atoms in total. The van der Waals surface area contributed by atoms with Crippen LogP contribution in [-0.4, -0.2) is 45.1 Å². The standard InChI is InChI=1S/C17H15FN4O3/c18-11-8-19-17(20-9-11)24-12-5-6-22(10-12)16(23)7-14-13-3-1-2-4-15(13)25-21-14/h1-4,8-9,12H,5-7,10H2/t12-/m1/s1. The average molecular weight is 342 g/mol. The number of likely N-dealkylation sites (tertiary alicyclic amines) is 1. The zero-order chi connectivity index (χ0) is 17.2. The van der Waals surface area contributed by atoms with E-state index in [0.29, 0.717) is 30.8 Å². The summed E-state index contributed by atoms with van der Waals surface area (Å²) in [4.78, 5) is 21.8. The minimum Gasteiger partial charge on any atom is -0.458 e. The number of aromatic nitrogens is 3. The molecule has 1 aliphatic rings. The molecule has 1 amide bonds. The minimum absolute atomic E-state index is 0.0369. The van der Waals surface area contributed by atoms with Crippen LogP contribution >= 0.6 is 0 Å². The third-order valence-electron chi connectivity index (χ3n) is 4.14. The molecule has 3 aromatic rings. The molecule has 25 heavy (non-hydrogen) atoms. The molecule has 1 aliphatic heterocycles. The summed E-state index contributed by atoms with van der Waals surface area (Å²) in [6.45, 7) is 1.02. The van der Waals surface area contributed by atoms with E-state index < -0.39 is 5.82 Å². The van der Waals surface area contributed by atoms with E-state index in [1.54, 1.807) is 4.90 Å². The van der Waals surface area contributed by atoms with Crippen molar-refractivity contribution in [3.05, 3.63) is 48.2 Å². The lowest BCUT2D eigenvalue weighted by molar-refractivity contribution is -0.129. The fraction of sp³-hybridized carbons (Fsp3) is 0.294. The second-order valence-electron chi connectivity index (χ2n) is 5.85. The van der Waals surface area contributed by atoms with Gasteiger partial charge in [0.25, 0.3) is 0 Å². The Morgan fingerprint density at radius 3 is 2.96 bits per heavy atom. The van der Waals surface area contributed by atoms with Crippen LogP contribution in [0.2, 0.25) is 0 Å². The van der Waals surface area contributed by atoms with Crippen molar-refractivity contribution in [3.8, 4) is 6.01 Å². The highest BCUT2D eigenvalue weighted by Crippen LogP contribution is 2.20. The fourth-order valence-corrected chi connectivity index (χ4v) is 2.88. The van der Waals surface area contributed by atoms with Gasteiger partial charge in [-0.2, -0.15) is 0 Å². The summed E-state index contributed by atoms with van der Waals surface area (Å²) in [5.41, 5.74) is 1.30. The van der Waals surface area contributed by atoms with Gasteiger partial charge in [0.1, 0.15) is 11.8 Å². The van der Waals surface area contributed by atoms with E-state index in [1.165, 1.54) is 0 Å². The van der Waals surface area contributed by atoms with Crippen molar-refractivity contribution in [3.63, 3.8) is 0 Å². The quantitative estimate of drug-likeness (QED) is 0.721. The number of carbonyl (C=O) groups is 1. The number of benzene rings is 1. The predicted octanol–water partition coefficient (Wildman–Crippen LogP) is 1.98. The zero-order valence-electron chi connectivity index (χ0n) is 13.3. The van der Waals surface area contributed by atoms with E-state index in [9.17, 15) is 9.18 Å². The van der Waals surface area contributed by atoms with Crippen LogP contribution in [0.15, 0.2) is 41.2 Å². The number of ether oxygens (including phenoxy) is 1. The maximum absolute atomic E-state index is 12.8. The van der Waals surface area contributed by atoms with Crippen molar-refractivity contribution in [1.82, 2.24) is 20.0 Å². The van der Waals surface area contributed by atoms with E-state index in [1.807, 2.05) is 24.3 Å². The second-order valence-corrected chi connectivity index (χ2v) is 5.85. The van der Waals surface area contributed by atoms with Crippen molar-refractivity contribution in [2.45, 2.75) is 18.9 Å². The van der Waals surface area contributed by atoms with Crippen molar-refractivity contribution in [2.24, 2.45) is 0 Å². The molecule has 0 saturated carbocycles. The molecule has 0 spiro atoms. The highest BCUT2D eigenvalue weighted by Gasteiger charge is 2.29. The largest absolute Gasteiger partial charge is 0.458 e. The predicted molar refractivity (Wildman–Crippen MR) is 85.3 cm³/mol. The van der Waals surface area contributed by atoms with Gasteiger partial charge in [-0.25, -0.2) is 14.4 Å². The number of para-hydroxylation sites is 1. The molecule has 0 N–H and O–H groups in total. The monoisotopic (exact) mass is 342 g/mol. The first-order valence-corrected chi connectivity index (χ1v) is 7.94. The number of hydrogen-bond acceptors (Lipinski definition) is 6. The fourth-order valence-electron chi connectivity index (χ4n) is 2.88. The molecule has 1 aromatic carbocycles. The van der Waals surface area contributed by atoms with Crippen LogP contribution in [0.1, 0.15) is 12.1 Å². The minimum atomic E-state index is -0.518. The molecule has 1 atom stereocenters. The molecule has 128 valence electrons. The van der Waals surface area contributed by atoms with Gasteiger partial charge in [0.15, 0.2) is 11.4 Å². The Morgan fingerprint density at radius 2 is 2.12 bits per heavy atom. The van der Waals surface area contributed by atoms with E-state index in [-0.39, 0.29) is 24.4 Å². The van der Waals surface area contributed by atoms with Crippen LogP contribution in [0.4, 0.5) is 4.39 Å². The molecule has 2 aromatic heterocycles. The van der Waals surface area contributed by atoms with E-state index in [0.717, 1.165) is 17.8 Å². The molecule has 1 fully saturated rings. The summed E-state index contributed by atoms with van der Waals surface area (Å²) in [5, 5.41) is 4.84. The number of fused-ring (bicyclic) bond motifs is 1. The van der Waals surface area contributed by atoms with E-state index in [2.05, 4.69) is 15.1 Å². The molecule has 0 radical (unpaired) electrons. The highest BCUT2D eigenvalue weighted by molar-refractivity contribution is 5.86. The van der Waals surface area contributed by atoms with Crippen molar-refractivity contribution in [1.29, 1.82) is 0 Å². The van der Waals surface area contributed by atoms with Crippen LogP contribution < -0.4 is 4.74 Å². The van der Waals surface area contributed by atoms with Gasteiger partial charge in [0.05, 0.1) is 25.4 Å². The molecule has 0 unspecified atom stereocenters. The Hall–Kier alpha value is -3.03. The van der Waals surface area contributed by atoms with Crippen LogP contribution in [0.5, 0.6) is 6.01 Å². The van der Waals surface area contributed by atoms with Gasteiger partial charge in [-0.05, 0) is 12.1 Å². The maximum atomic E-state index is 12.8. The van der Waals surface area contributed by atoms with Gasteiger partial charge < -0.3 is 14.2 Å². The van der Waals surface area contributed by atoms with Crippen molar-refractivity contribution >= 4 is 16.9 Å². The first-order valence-electron chi connectivity index (χ1n) is 7.94. The molecule has 1 saturated heterocycles. The molecule has 4 rings (SSSR count). The number of carbonyl (C=O) groups excluding carboxylic acids is 1. The lowest BCUT2D eigenvalue weighted by Crippen LogP contribution is -2.32. The van der Waals surface area contributed by atoms with E-state index >= 15 is 0 Å². The molecule has 0 bridgehead atoms.